The van der Waals surface area contributed by atoms with Crippen molar-refractivity contribution in [3.05, 3.63) is 0 Å². The Bertz CT molecular complexity index is 290. The van der Waals surface area contributed by atoms with Gasteiger partial charge >= 0.3 is 0 Å². The lowest BCUT2D eigenvalue weighted by Crippen LogP contribution is -2.63. The Morgan fingerprint density at radius 1 is 1.32 bits per heavy atom. The van der Waals surface area contributed by atoms with E-state index in [2.05, 4.69) is 44.8 Å². The summed E-state index contributed by atoms with van der Waals surface area (Å²) in [4.78, 5) is 2.65. The Morgan fingerprint density at radius 3 is 2.63 bits per heavy atom. The monoisotopic (exact) mass is 268 g/mol. The van der Waals surface area contributed by atoms with Crippen LogP contribution in [0, 0.1) is 5.92 Å². The van der Waals surface area contributed by atoms with Crippen molar-refractivity contribution in [2.24, 2.45) is 5.92 Å². The molecule has 0 saturated carbocycles. The summed E-state index contributed by atoms with van der Waals surface area (Å²) in [6.45, 7) is 14.9. The molecule has 2 saturated heterocycles. The van der Waals surface area contributed by atoms with E-state index in [9.17, 15) is 0 Å². The molecule has 1 N–H and O–H groups in total. The minimum atomic E-state index is 0.253. The topological polar surface area (TPSA) is 24.5 Å². The van der Waals surface area contributed by atoms with E-state index < -0.39 is 0 Å². The van der Waals surface area contributed by atoms with Crippen molar-refractivity contribution in [3.63, 3.8) is 0 Å². The van der Waals surface area contributed by atoms with Crippen LogP contribution in [0.4, 0.5) is 0 Å². The van der Waals surface area contributed by atoms with E-state index in [4.69, 9.17) is 4.74 Å². The van der Waals surface area contributed by atoms with Crippen LogP contribution in [-0.2, 0) is 4.74 Å². The SMILES string of the molecule is CC(C)CC1CN(CC2CCC(C)O2)C(C)(C)CN1. The molecule has 0 aromatic rings. The highest BCUT2D eigenvalue weighted by Crippen LogP contribution is 2.26. The van der Waals surface area contributed by atoms with Gasteiger partial charge in [0, 0.05) is 31.2 Å². The zero-order chi connectivity index (χ0) is 14.0. The second kappa shape index (κ2) is 6.11. The molecule has 3 atom stereocenters. The van der Waals surface area contributed by atoms with Crippen molar-refractivity contribution in [2.45, 2.75) is 77.7 Å². The first-order valence-electron chi connectivity index (χ1n) is 8.00. The number of nitrogens with zero attached hydrogens (tertiary/aromatic N) is 1. The Labute approximate surface area is 119 Å². The smallest absolute Gasteiger partial charge is 0.0706 e. The van der Waals surface area contributed by atoms with Gasteiger partial charge in [0.1, 0.15) is 0 Å². The lowest BCUT2D eigenvalue weighted by molar-refractivity contribution is -0.0128. The summed E-state index contributed by atoms with van der Waals surface area (Å²) in [5, 5.41) is 3.72. The number of ether oxygens (including phenoxy) is 1. The molecule has 0 amide bonds. The average Bonchev–Trinajstić information content (AvgIpc) is 2.69. The molecule has 0 radical (unpaired) electrons. The molecule has 0 aromatic heterocycles. The molecule has 0 aromatic carbocycles. The molecular formula is C16H32N2O. The average molecular weight is 268 g/mol. The van der Waals surface area contributed by atoms with Crippen molar-refractivity contribution >= 4 is 0 Å². The second-order valence-corrected chi connectivity index (χ2v) is 7.57. The first-order chi connectivity index (χ1) is 8.87. The van der Waals surface area contributed by atoms with Crippen LogP contribution < -0.4 is 5.32 Å². The number of hydrogen-bond donors (Lipinski definition) is 1. The molecule has 3 nitrogen and oxygen atoms in total. The second-order valence-electron chi connectivity index (χ2n) is 7.57. The maximum atomic E-state index is 6.01. The fourth-order valence-corrected chi connectivity index (χ4v) is 3.40. The molecule has 2 fully saturated rings. The van der Waals surface area contributed by atoms with Crippen molar-refractivity contribution in [1.29, 1.82) is 0 Å². The van der Waals surface area contributed by atoms with E-state index in [0.29, 0.717) is 18.2 Å². The summed E-state index contributed by atoms with van der Waals surface area (Å²) in [7, 11) is 0. The van der Waals surface area contributed by atoms with Gasteiger partial charge in [-0.05, 0) is 46.0 Å². The van der Waals surface area contributed by atoms with Crippen LogP contribution in [0.15, 0.2) is 0 Å². The van der Waals surface area contributed by atoms with E-state index in [0.717, 1.165) is 19.0 Å². The van der Waals surface area contributed by atoms with Crippen molar-refractivity contribution in [2.75, 3.05) is 19.6 Å². The predicted octanol–water partition coefficient (Wildman–Crippen LogP) is 2.65. The summed E-state index contributed by atoms with van der Waals surface area (Å²) in [6.07, 6.45) is 4.64. The Kier molecular flexibility index (Phi) is 4.91. The number of rotatable bonds is 4. The molecule has 19 heavy (non-hydrogen) atoms. The first-order valence-corrected chi connectivity index (χ1v) is 8.00. The van der Waals surface area contributed by atoms with E-state index in [-0.39, 0.29) is 5.54 Å². The van der Waals surface area contributed by atoms with Gasteiger partial charge in [0.05, 0.1) is 12.2 Å². The van der Waals surface area contributed by atoms with Crippen LogP contribution in [0.5, 0.6) is 0 Å². The highest BCUT2D eigenvalue weighted by atomic mass is 16.5. The fourth-order valence-electron chi connectivity index (χ4n) is 3.40. The molecule has 2 aliphatic heterocycles. The van der Waals surface area contributed by atoms with Gasteiger partial charge in [-0.1, -0.05) is 13.8 Å². The van der Waals surface area contributed by atoms with Gasteiger partial charge in [0.15, 0.2) is 0 Å². The molecule has 2 heterocycles. The minimum absolute atomic E-state index is 0.253. The molecule has 3 heteroatoms. The summed E-state index contributed by atoms with van der Waals surface area (Å²) in [6, 6.07) is 0.645. The van der Waals surface area contributed by atoms with Gasteiger partial charge in [-0.3, -0.25) is 4.90 Å². The quantitative estimate of drug-likeness (QED) is 0.848. The van der Waals surface area contributed by atoms with Crippen LogP contribution in [0.25, 0.3) is 0 Å². The van der Waals surface area contributed by atoms with Crippen molar-refractivity contribution in [3.8, 4) is 0 Å². The Hall–Kier alpha value is -0.120. The zero-order valence-electron chi connectivity index (χ0n) is 13.4. The molecule has 2 rings (SSSR count). The van der Waals surface area contributed by atoms with Crippen LogP contribution in [0.3, 0.4) is 0 Å². The van der Waals surface area contributed by atoms with Crippen LogP contribution >= 0.6 is 0 Å². The van der Waals surface area contributed by atoms with Gasteiger partial charge in [-0.15, -0.1) is 0 Å². The zero-order valence-corrected chi connectivity index (χ0v) is 13.4. The van der Waals surface area contributed by atoms with Gasteiger partial charge in [0.25, 0.3) is 0 Å². The molecule has 0 aliphatic carbocycles. The highest BCUT2D eigenvalue weighted by Gasteiger charge is 2.36. The summed E-state index contributed by atoms with van der Waals surface area (Å²) in [5.41, 5.74) is 0.253. The number of piperazine rings is 1. The maximum absolute atomic E-state index is 6.01. The van der Waals surface area contributed by atoms with Crippen LogP contribution in [0.2, 0.25) is 0 Å². The minimum Gasteiger partial charge on any atom is -0.374 e. The van der Waals surface area contributed by atoms with E-state index >= 15 is 0 Å². The lowest BCUT2D eigenvalue weighted by Gasteiger charge is -2.47. The van der Waals surface area contributed by atoms with Gasteiger partial charge in [-0.25, -0.2) is 0 Å². The third-order valence-electron chi connectivity index (χ3n) is 4.62. The van der Waals surface area contributed by atoms with E-state index in [1.807, 2.05) is 0 Å². The summed E-state index contributed by atoms with van der Waals surface area (Å²) < 4.78 is 6.01. The van der Waals surface area contributed by atoms with Gasteiger partial charge < -0.3 is 10.1 Å². The largest absolute Gasteiger partial charge is 0.374 e. The van der Waals surface area contributed by atoms with Crippen LogP contribution in [0.1, 0.15) is 53.9 Å². The Morgan fingerprint density at radius 2 is 2.05 bits per heavy atom. The lowest BCUT2D eigenvalue weighted by atomic mass is 9.93. The molecule has 2 aliphatic rings. The molecule has 112 valence electrons. The molecule has 0 bridgehead atoms. The molecule has 3 unspecified atom stereocenters. The highest BCUT2D eigenvalue weighted by molar-refractivity contribution is 4.94. The molecular weight excluding hydrogens is 236 g/mol. The standard InChI is InChI=1S/C16H32N2O/c1-12(2)8-14-9-18(16(4,5)11-17-14)10-15-7-6-13(3)19-15/h12-15,17H,6-11H2,1-5H3. The first kappa shape index (κ1) is 15.3. The van der Waals surface area contributed by atoms with E-state index in [1.54, 1.807) is 0 Å². The third-order valence-corrected chi connectivity index (χ3v) is 4.62. The summed E-state index contributed by atoms with van der Waals surface area (Å²) >= 11 is 0. The Balaban J connectivity index is 1.90. The predicted molar refractivity (Wildman–Crippen MR) is 80.5 cm³/mol. The van der Waals surface area contributed by atoms with Gasteiger partial charge in [0.2, 0.25) is 0 Å². The fraction of sp³-hybridized carbons (Fsp3) is 1.00. The number of nitrogens with one attached hydrogen (secondary N) is 1. The van der Waals surface area contributed by atoms with Crippen molar-refractivity contribution < 1.29 is 4.74 Å². The normalized spacial score (nSPS) is 36.0. The molecule has 0 spiro atoms. The van der Waals surface area contributed by atoms with Crippen molar-refractivity contribution in [1.82, 2.24) is 10.2 Å². The van der Waals surface area contributed by atoms with E-state index in [1.165, 1.54) is 25.8 Å². The number of hydrogen-bond acceptors (Lipinski definition) is 3. The van der Waals surface area contributed by atoms with Gasteiger partial charge in [-0.2, -0.15) is 0 Å². The third kappa shape index (κ3) is 4.17. The summed E-state index contributed by atoms with van der Waals surface area (Å²) in [5.74, 6) is 0.767. The maximum Gasteiger partial charge on any atom is 0.0706 e. The van der Waals surface area contributed by atoms with Crippen LogP contribution in [-0.4, -0.2) is 48.3 Å².